The van der Waals surface area contributed by atoms with Gasteiger partial charge in [-0.2, -0.15) is 0 Å². The fourth-order valence-corrected chi connectivity index (χ4v) is 1.91. The van der Waals surface area contributed by atoms with Crippen LogP contribution in [0.5, 0.6) is 0 Å². The van der Waals surface area contributed by atoms with E-state index in [1.165, 1.54) is 0 Å². The number of aromatic carboxylic acids is 1. The van der Waals surface area contributed by atoms with E-state index in [0.29, 0.717) is 0 Å². The molecular formula is C14H12ClNO2. The first-order valence-electron chi connectivity index (χ1n) is 5.48. The first kappa shape index (κ1) is 12.5. The number of carbonyl (C=O) groups is 1. The van der Waals surface area contributed by atoms with Gasteiger partial charge in [-0.3, -0.25) is 4.84 Å². The lowest BCUT2D eigenvalue weighted by atomic mass is 10.0. The van der Waals surface area contributed by atoms with Crippen molar-refractivity contribution in [3.63, 3.8) is 0 Å². The van der Waals surface area contributed by atoms with Crippen LogP contribution in [0.1, 0.15) is 22.3 Å². The van der Waals surface area contributed by atoms with E-state index in [9.17, 15) is 4.79 Å². The van der Waals surface area contributed by atoms with E-state index < -0.39 is 5.97 Å². The van der Waals surface area contributed by atoms with Crippen molar-refractivity contribution in [1.29, 1.82) is 0 Å². The van der Waals surface area contributed by atoms with E-state index in [-0.39, 0.29) is 5.56 Å². The van der Waals surface area contributed by atoms with Crippen LogP contribution in [0, 0.1) is 0 Å². The van der Waals surface area contributed by atoms with Gasteiger partial charge in [0.1, 0.15) is 0 Å². The summed E-state index contributed by atoms with van der Waals surface area (Å²) in [6.07, 6.45) is 8.65. The van der Waals surface area contributed by atoms with E-state index in [1.54, 1.807) is 24.3 Å². The van der Waals surface area contributed by atoms with Crippen molar-refractivity contribution in [3.8, 4) is 0 Å². The summed E-state index contributed by atoms with van der Waals surface area (Å²) in [6, 6.07) is 6.73. The molecule has 2 N–H and O–H groups in total. The summed E-state index contributed by atoms with van der Waals surface area (Å²) in [7, 11) is 0. The smallest absolute Gasteiger partial charge is 0.335 e. The van der Waals surface area contributed by atoms with Gasteiger partial charge in [-0.25, -0.2) is 4.79 Å². The fraction of sp³-hybridized carbons (Fsp3) is 0.0714. The van der Waals surface area contributed by atoms with Crippen molar-refractivity contribution in [2.24, 2.45) is 0 Å². The zero-order valence-electron chi connectivity index (χ0n) is 9.56. The zero-order chi connectivity index (χ0) is 13.0. The average molecular weight is 262 g/mol. The summed E-state index contributed by atoms with van der Waals surface area (Å²) in [6.45, 7) is 0. The van der Waals surface area contributed by atoms with Crippen molar-refractivity contribution >= 4 is 23.8 Å². The summed E-state index contributed by atoms with van der Waals surface area (Å²) in [5.41, 5.74) is 3.16. The highest BCUT2D eigenvalue weighted by Crippen LogP contribution is 2.21. The summed E-state index contributed by atoms with van der Waals surface area (Å²) in [4.78, 5) is 13.4. The van der Waals surface area contributed by atoms with Crippen LogP contribution in [0.2, 0.25) is 0 Å². The molecule has 0 amide bonds. The summed E-state index contributed by atoms with van der Waals surface area (Å²) in [5.74, 6) is -0.919. The minimum absolute atomic E-state index is 0.284. The molecule has 0 saturated heterocycles. The van der Waals surface area contributed by atoms with Crippen molar-refractivity contribution < 1.29 is 9.90 Å². The van der Waals surface area contributed by atoms with Gasteiger partial charge in [0.15, 0.2) is 0 Å². The molecule has 4 heteroatoms. The summed E-state index contributed by atoms with van der Waals surface area (Å²) in [5, 5.41) is 8.82. The van der Waals surface area contributed by atoms with E-state index in [1.807, 2.05) is 24.3 Å². The molecule has 92 valence electrons. The molecule has 0 radical (unpaired) electrons. The Bertz CT molecular complexity index is 541. The van der Waals surface area contributed by atoms with E-state index in [0.717, 1.165) is 23.3 Å². The van der Waals surface area contributed by atoms with Gasteiger partial charge in [0.2, 0.25) is 0 Å². The largest absolute Gasteiger partial charge is 0.478 e. The molecule has 0 spiro atoms. The Balaban J connectivity index is 2.25. The summed E-state index contributed by atoms with van der Waals surface area (Å²) >= 11 is 5.64. The third kappa shape index (κ3) is 2.81. The second-order valence-corrected chi connectivity index (χ2v) is 4.09. The molecule has 0 aliphatic heterocycles. The van der Waals surface area contributed by atoms with Crippen molar-refractivity contribution in [2.75, 3.05) is 0 Å². The molecule has 0 bridgehead atoms. The molecule has 3 nitrogen and oxygen atoms in total. The molecule has 0 fully saturated rings. The maximum Gasteiger partial charge on any atom is 0.335 e. The second kappa shape index (κ2) is 5.56. The van der Waals surface area contributed by atoms with Crippen LogP contribution in [0.15, 0.2) is 53.8 Å². The Hall–Kier alpha value is -2.00. The second-order valence-electron chi connectivity index (χ2n) is 3.90. The van der Waals surface area contributed by atoms with Gasteiger partial charge < -0.3 is 5.11 Å². The van der Waals surface area contributed by atoms with Crippen LogP contribution in [-0.4, -0.2) is 11.1 Å². The molecule has 0 aromatic heterocycles. The minimum atomic E-state index is -0.919. The number of allylic oxidation sites excluding steroid dienone is 4. The van der Waals surface area contributed by atoms with Crippen molar-refractivity contribution in [1.82, 2.24) is 4.84 Å². The predicted octanol–water partition coefficient (Wildman–Crippen LogP) is 3.36. The average Bonchev–Trinajstić information content (AvgIpc) is 2.40. The van der Waals surface area contributed by atoms with Gasteiger partial charge in [-0.15, -0.1) is 0 Å². The van der Waals surface area contributed by atoms with Crippen LogP contribution in [-0.2, 0) is 0 Å². The first-order chi connectivity index (χ1) is 8.70. The van der Waals surface area contributed by atoms with Gasteiger partial charge in [-0.05, 0) is 41.8 Å². The molecule has 0 saturated carbocycles. The first-order valence-corrected chi connectivity index (χ1v) is 5.86. The number of rotatable bonds is 3. The van der Waals surface area contributed by atoms with Crippen molar-refractivity contribution in [3.05, 3.63) is 64.9 Å². The monoisotopic (exact) mass is 261 g/mol. The Morgan fingerprint density at radius 1 is 1.33 bits per heavy atom. The highest BCUT2D eigenvalue weighted by atomic mass is 35.5. The number of halogens is 1. The Morgan fingerprint density at radius 3 is 2.67 bits per heavy atom. The molecule has 2 rings (SSSR count). The molecule has 1 aromatic rings. The Morgan fingerprint density at radius 2 is 2.06 bits per heavy atom. The van der Waals surface area contributed by atoms with Crippen LogP contribution in [0.25, 0.3) is 6.08 Å². The van der Waals surface area contributed by atoms with Gasteiger partial charge >= 0.3 is 5.97 Å². The van der Waals surface area contributed by atoms with E-state index in [4.69, 9.17) is 16.9 Å². The molecule has 1 aromatic carbocycles. The molecule has 0 unspecified atom stereocenters. The number of benzene rings is 1. The van der Waals surface area contributed by atoms with Gasteiger partial charge in [-0.1, -0.05) is 24.3 Å². The fourth-order valence-electron chi connectivity index (χ4n) is 1.73. The Labute approximate surface area is 110 Å². The Kier molecular flexibility index (Phi) is 3.85. The lowest BCUT2D eigenvalue weighted by molar-refractivity contribution is 0.0697. The van der Waals surface area contributed by atoms with Crippen LogP contribution in [0.3, 0.4) is 0 Å². The maximum atomic E-state index is 10.7. The molecule has 0 atom stereocenters. The topological polar surface area (TPSA) is 49.3 Å². The number of hydrogen-bond donors (Lipinski definition) is 2. The zero-order valence-corrected chi connectivity index (χ0v) is 10.3. The van der Waals surface area contributed by atoms with Gasteiger partial charge in [0.25, 0.3) is 0 Å². The number of carboxylic acids is 1. The normalized spacial score (nSPS) is 16.5. The SMILES string of the molecule is O=C(O)c1ccc(C=C2CC=CC=C2NCl)cc1. The lowest BCUT2D eigenvalue weighted by Gasteiger charge is -2.11. The molecular weight excluding hydrogens is 250 g/mol. The highest BCUT2D eigenvalue weighted by Gasteiger charge is 2.06. The molecule has 18 heavy (non-hydrogen) atoms. The van der Waals surface area contributed by atoms with Crippen LogP contribution < -0.4 is 4.84 Å². The minimum Gasteiger partial charge on any atom is -0.478 e. The van der Waals surface area contributed by atoms with E-state index in [2.05, 4.69) is 4.84 Å². The summed E-state index contributed by atoms with van der Waals surface area (Å²) < 4.78 is 0. The molecule has 0 heterocycles. The number of carboxylic acid groups (broad SMARTS) is 1. The quantitative estimate of drug-likeness (QED) is 0.821. The van der Waals surface area contributed by atoms with E-state index >= 15 is 0 Å². The van der Waals surface area contributed by atoms with Crippen molar-refractivity contribution in [2.45, 2.75) is 6.42 Å². The number of hydrogen-bond acceptors (Lipinski definition) is 2. The third-order valence-electron chi connectivity index (χ3n) is 2.68. The predicted molar refractivity (Wildman–Crippen MR) is 72.2 cm³/mol. The standard InChI is InChI=1S/C14H12ClNO2/c15-16-13-4-2-1-3-12(13)9-10-5-7-11(8-6-10)14(17)18/h1-2,4-9,16H,3H2,(H,17,18). The maximum absolute atomic E-state index is 10.7. The van der Waals surface area contributed by atoms with Gasteiger partial charge in [0, 0.05) is 11.8 Å². The lowest BCUT2D eigenvalue weighted by Crippen LogP contribution is -2.04. The number of nitrogens with one attached hydrogen (secondary N) is 1. The van der Waals surface area contributed by atoms with Gasteiger partial charge in [0.05, 0.1) is 11.3 Å². The molecule has 1 aliphatic rings. The molecule has 1 aliphatic carbocycles. The third-order valence-corrected chi connectivity index (χ3v) is 2.89. The van der Waals surface area contributed by atoms with Crippen LogP contribution in [0.4, 0.5) is 0 Å². The highest BCUT2D eigenvalue weighted by molar-refractivity contribution is 6.14. The van der Waals surface area contributed by atoms with Crippen LogP contribution >= 0.6 is 11.8 Å².